The van der Waals surface area contributed by atoms with E-state index in [-0.39, 0.29) is 0 Å². The van der Waals surface area contributed by atoms with Gasteiger partial charge in [0.2, 0.25) is 5.82 Å². The highest BCUT2D eigenvalue weighted by molar-refractivity contribution is 5.57. The maximum absolute atomic E-state index is 9.27. The number of nitrogen functional groups attached to an aromatic ring is 1. The Kier molecular flexibility index (Phi) is 5.44. The van der Waals surface area contributed by atoms with Gasteiger partial charge in [-0.3, -0.25) is 0 Å². The number of nitrogens with zero attached hydrogens (tertiary/aromatic N) is 7. The lowest BCUT2D eigenvalue weighted by Crippen LogP contribution is -2.34. The van der Waals surface area contributed by atoms with E-state index in [2.05, 4.69) is 26.0 Å². The molecule has 1 aromatic carbocycles. The van der Waals surface area contributed by atoms with Crippen LogP contribution in [-0.4, -0.2) is 50.7 Å². The third kappa shape index (κ3) is 4.13. The number of rotatable bonds is 7. The molecule has 2 N–H and O–H groups in total. The molecule has 0 bridgehead atoms. The quantitative estimate of drug-likeness (QED) is 0.478. The Morgan fingerprint density at radius 2 is 2.00 bits per heavy atom. The fraction of sp³-hybridized carbons (Fsp3) is 0.304. The summed E-state index contributed by atoms with van der Waals surface area (Å²) in [6, 6.07) is 15.3. The molecule has 0 radical (unpaired) electrons. The second kappa shape index (κ2) is 8.69. The average Bonchev–Trinajstić information content (AvgIpc) is 3.58. The average molecular weight is 429 g/mol. The molecule has 1 fully saturated rings. The predicted molar refractivity (Wildman–Crippen MR) is 121 cm³/mol. The van der Waals surface area contributed by atoms with Crippen LogP contribution >= 0.6 is 0 Å². The first-order valence-corrected chi connectivity index (χ1v) is 10.7. The Bertz CT molecular complexity index is 1250. The monoisotopic (exact) mass is 428 g/mol. The van der Waals surface area contributed by atoms with Crippen LogP contribution < -0.4 is 10.6 Å². The first-order chi connectivity index (χ1) is 15.7. The molecule has 0 atom stereocenters. The zero-order valence-electron chi connectivity index (χ0n) is 17.7. The minimum absolute atomic E-state index is 0.420. The van der Waals surface area contributed by atoms with Crippen molar-refractivity contribution in [3.63, 3.8) is 0 Å². The highest BCUT2D eigenvalue weighted by atomic mass is 16.3. The molecule has 5 rings (SSSR count). The van der Waals surface area contributed by atoms with E-state index < -0.39 is 0 Å². The molecule has 4 aromatic rings. The summed E-state index contributed by atoms with van der Waals surface area (Å²) in [6.07, 6.45) is 4.08. The Labute approximate surface area is 185 Å². The summed E-state index contributed by atoms with van der Waals surface area (Å²) >= 11 is 0. The number of fused-ring (bicyclic) bond motifs is 1. The highest BCUT2D eigenvalue weighted by Crippen LogP contribution is 2.23. The molecule has 0 spiro atoms. The van der Waals surface area contributed by atoms with Crippen LogP contribution in [0.1, 0.15) is 24.0 Å². The number of aromatic nitrogens is 4. The Hall–Kier alpha value is -3.90. The third-order valence-electron chi connectivity index (χ3n) is 5.71. The van der Waals surface area contributed by atoms with Crippen molar-refractivity contribution in [2.45, 2.75) is 19.4 Å². The van der Waals surface area contributed by atoms with E-state index in [1.807, 2.05) is 30.3 Å². The second-order valence-electron chi connectivity index (χ2n) is 7.95. The van der Waals surface area contributed by atoms with Gasteiger partial charge in [0, 0.05) is 25.7 Å². The fourth-order valence-corrected chi connectivity index (χ4v) is 4.05. The summed E-state index contributed by atoms with van der Waals surface area (Å²) in [7, 11) is 0. The van der Waals surface area contributed by atoms with Gasteiger partial charge in [-0.1, -0.05) is 12.1 Å². The molecule has 9 heteroatoms. The van der Waals surface area contributed by atoms with Crippen molar-refractivity contribution in [1.82, 2.24) is 24.5 Å². The molecule has 0 aliphatic carbocycles. The molecule has 9 nitrogen and oxygen atoms in total. The topological polar surface area (TPSA) is 113 Å². The van der Waals surface area contributed by atoms with Crippen LogP contribution in [-0.2, 0) is 6.54 Å². The van der Waals surface area contributed by atoms with Gasteiger partial charge in [-0.2, -0.15) is 19.7 Å². The zero-order valence-corrected chi connectivity index (χ0v) is 17.7. The lowest BCUT2D eigenvalue weighted by Gasteiger charge is -2.26. The minimum Gasteiger partial charge on any atom is -0.461 e. The van der Waals surface area contributed by atoms with Crippen molar-refractivity contribution in [3.8, 4) is 17.7 Å². The first-order valence-electron chi connectivity index (χ1n) is 10.7. The summed E-state index contributed by atoms with van der Waals surface area (Å²) < 4.78 is 6.94. The number of nitriles is 1. The molecular formula is C23H24N8O. The van der Waals surface area contributed by atoms with E-state index in [0.29, 0.717) is 35.3 Å². The molecule has 1 aliphatic rings. The maximum Gasteiger partial charge on any atom is 0.256 e. The predicted octanol–water partition coefficient (Wildman–Crippen LogP) is 2.94. The standard InChI is InChI=1S/C23H24N8O/c24-15-17-5-3-6-18(13-17)16-30(11-10-29-8-1-2-9-29)21-14-20(25)31-23(26-21)27-22(28-31)19-7-4-12-32-19/h3-7,12-14H,1-2,8-11,16,25H2. The fourth-order valence-electron chi connectivity index (χ4n) is 4.05. The number of hydrogen-bond donors (Lipinski definition) is 1. The van der Waals surface area contributed by atoms with Gasteiger partial charge in [0.15, 0.2) is 5.76 Å². The number of anilines is 2. The van der Waals surface area contributed by atoms with E-state index in [1.165, 1.54) is 17.4 Å². The van der Waals surface area contributed by atoms with Crippen molar-refractivity contribution in [3.05, 3.63) is 59.9 Å². The summed E-state index contributed by atoms with van der Waals surface area (Å²) in [5, 5.41) is 13.7. The van der Waals surface area contributed by atoms with Crippen molar-refractivity contribution < 1.29 is 4.42 Å². The molecule has 1 aliphatic heterocycles. The van der Waals surface area contributed by atoms with Gasteiger partial charge in [-0.15, -0.1) is 5.10 Å². The lowest BCUT2D eigenvalue weighted by atomic mass is 10.1. The number of benzene rings is 1. The Morgan fingerprint density at radius 3 is 2.78 bits per heavy atom. The van der Waals surface area contributed by atoms with Crippen molar-refractivity contribution in [2.24, 2.45) is 0 Å². The maximum atomic E-state index is 9.27. The molecule has 4 heterocycles. The number of hydrogen-bond acceptors (Lipinski definition) is 8. The largest absolute Gasteiger partial charge is 0.461 e. The normalized spacial score (nSPS) is 14.1. The van der Waals surface area contributed by atoms with Gasteiger partial charge in [-0.25, -0.2) is 0 Å². The summed E-state index contributed by atoms with van der Waals surface area (Å²) in [5.41, 5.74) is 8.02. The zero-order chi connectivity index (χ0) is 21.9. The molecule has 162 valence electrons. The molecule has 0 amide bonds. The molecule has 3 aromatic heterocycles. The first kappa shape index (κ1) is 20.0. The Balaban J connectivity index is 1.47. The summed E-state index contributed by atoms with van der Waals surface area (Å²) in [5.74, 6) is 2.61. The van der Waals surface area contributed by atoms with E-state index in [0.717, 1.165) is 37.6 Å². The van der Waals surface area contributed by atoms with Gasteiger partial charge >= 0.3 is 0 Å². The molecule has 1 saturated heterocycles. The summed E-state index contributed by atoms with van der Waals surface area (Å²) in [4.78, 5) is 13.9. The van der Waals surface area contributed by atoms with Crippen LogP contribution in [0.2, 0.25) is 0 Å². The number of furan rings is 1. The van der Waals surface area contributed by atoms with Crippen molar-refractivity contribution in [2.75, 3.05) is 36.8 Å². The van der Waals surface area contributed by atoms with Gasteiger partial charge in [0.25, 0.3) is 5.78 Å². The molecule has 32 heavy (non-hydrogen) atoms. The van der Waals surface area contributed by atoms with E-state index in [4.69, 9.17) is 15.1 Å². The third-order valence-corrected chi connectivity index (χ3v) is 5.71. The van der Waals surface area contributed by atoms with Gasteiger partial charge < -0.3 is 20.0 Å². The van der Waals surface area contributed by atoms with Gasteiger partial charge in [0.1, 0.15) is 11.6 Å². The van der Waals surface area contributed by atoms with E-state index in [9.17, 15) is 5.26 Å². The van der Waals surface area contributed by atoms with Crippen LogP contribution in [0.5, 0.6) is 0 Å². The van der Waals surface area contributed by atoms with Crippen LogP contribution in [0.15, 0.2) is 53.1 Å². The SMILES string of the molecule is N#Cc1cccc(CN(CCN2CCCC2)c2cc(N)n3nc(-c4ccco4)nc3n2)c1. The van der Waals surface area contributed by atoms with Gasteiger partial charge in [-0.05, 0) is 55.8 Å². The second-order valence-corrected chi connectivity index (χ2v) is 7.95. The molecule has 0 unspecified atom stereocenters. The van der Waals surface area contributed by atoms with Gasteiger partial charge in [0.05, 0.1) is 17.9 Å². The molecular weight excluding hydrogens is 404 g/mol. The van der Waals surface area contributed by atoms with E-state index in [1.54, 1.807) is 18.4 Å². The molecule has 0 saturated carbocycles. The Morgan fingerprint density at radius 1 is 1.12 bits per heavy atom. The minimum atomic E-state index is 0.420. The highest BCUT2D eigenvalue weighted by Gasteiger charge is 2.18. The lowest BCUT2D eigenvalue weighted by molar-refractivity contribution is 0.344. The summed E-state index contributed by atoms with van der Waals surface area (Å²) in [6.45, 7) is 4.60. The van der Waals surface area contributed by atoms with Crippen molar-refractivity contribution >= 4 is 17.4 Å². The van der Waals surface area contributed by atoms with E-state index >= 15 is 0 Å². The van der Waals surface area contributed by atoms with Crippen LogP contribution in [0, 0.1) is 11.3 Å². The smallest absolute Gasteiger partial charge is 0.256 e. The van der Waals surface area contributed by atoms with Crippen LogP contribution in [0.3, 0.4) is 0 Å². The number of nitrogens with two attached hydrogens (primary N) is 1. The number of likely N-dealkylation sites (tertiary alicyclic amines) is 1. The van der Waals surface area contributed by atoms with Crippen LogP contribution in [0.4, 0.5) is 11.6 Å². The van der Waals surface area contributed by atoms with Crippen molar-refractivity contribution in [1.29, 1.82) is 5.26 Å². The van der Waals surface area contributed by atoms with Crippen LogP contribution in [0.25, 0.3) is 17.4 Å².